The minimum Gasteiger partial charge on any atom is -0.394 e. The second-order valence-electron chi connectivity index (χ2n) is 35.5. The number of ether oxygens (including phenoxy) is 1. The van der Waals surface area contributed by atoms with Gasteiger partial charge in [-0.3, -0.25) is 9.05 Å². The Morgan fingerprint density at radius 1 is 0.284 bits per heavy atom. The molecule has 5 N–H and O–H groups in total. The lowest BCUT2D eigenvalue weighted by Gasteiger charge is -2.39. The lowest BCUT2D eigenvalue weighted by molar-refractivity contribution is -0.281. The maximum Gasteiger partial charge on any atom is 0.474 e. The van der Waals surface area contributed by atoms with Gasteiger partial charge in [0.25, 0.3) is 0 Å². The smallest absolute Gasteiger partial charge is 0.394 e. The van der Waals surface area contributed by atoms with Gasteiger partial charge < -0.3 is 30.1 Å². The minimum atomic E-state index is -4.64. The largest absolute Gasteiger partial charge is 0.474 e. The van der Waals surface area contributed by atoms with Crippen molar-refractivity contribution in [2.75, 3.05) is 13.2 Å². The molecule has 7 atom stereocenters. The summed E-state index contributed by atoms with van der Waals surface area (Å²) in [6.45, 7) is 47.0. The van der Waals surface area contributed by atoms with Crippen molar-refractivity contribution in [3.63, 3.8) is 0 Å². The minimum absolute atomic E-state index is 0.0475. The molecule has 1 aliphatic rings. The van der Waals surface area contributed by atoms with Gasteiger partial charge >= 0.3 is 7.82 Å². The number of phosphoric acid groups is 1. The molecule has 0 aromatic heterocycles. The highest BCUT2D eigenvalue weighted by Gasteiger charge is 2.47. The van der Waals surface area contributed by atoms with Crippen LogP contribution in [0.1, 0.15) is 396 Å². The Bertz CT molecular complexity index is 3430. The van der Waals surface area contributed by atoms with Crippen LogP contribution in [-0.2, 0) is 18.3 Å². The van der Waals surface area contributed by atoms with E-state index in [1.807, 2.05) is 0 Å². The van der Waals surface area contributed by atoms with E-state index in [0.717, 1.165) is 212 Å². The first-order valence-electron chi connectivity index (χ1n) is 45.6. The molecular weight excluding hydrogens is 1450 g/mol. The summed E-state index contributed by atoms with van der Waals surface area (Å²) in [5.74, 6) is 0.224. The second-order valence-corrected chi connectivity index (χ2v) is 36.9. The van der Waals surface area contributed by atoms with Crippen LogP contribution in [0.25, 0.3) is 0 Å². The third-order valence-electron chi connectivity index (χ3n) is 22.7. The molecule has 1 heterocycles. The first kappa shape index (κ1) is 109. The van der Waals surface area contributed by atoms with Gasteiger partial charge in [0.15, 0.2) is 6.29 Å². The third kappa shape index (κ3) is 62.1. The van der Waals surface area contributed by atoms with Crippen LogP contribution in [-0.4, -0.2) is 69.2 Å². The Hall–Kier alpha value is -5.03. The monoisotopic (exact) mass is 1620 g/mol. The SMILES string of the molecule is CC(C)=CCC/C(C)=C/CC/C(C)=C/CC/C(C)=C/CC/C(C)=C/CC/C(C)=C/CC/C(C)=C/CC/C(C)=C/CC/C(C)=C/CC/C(C)=C/CC/C(C)=C/CC/C(C)=C/CC/C(C)=C/CC/C(C)=C/CC/C(C)=C/CC/C(C)=C/CC/C(C)=C/CC/C(C)=C/CC/C(C)=C/CCC(C)CCOP(=O)(O)OC1OC(CO)C(O)C(O)C1O. The Labute approximate surface area is 714 Å². The van der Waals surface area contributed by atoms with Crippen molar-refractivity contribution in [2.24, 2.45) is 5.92 Å². The molecule has 0 aliphatic carbocycles. The topological polar surface area (TPSA) is 146 Å². The number of allylic oxidation sites excluding steroid dienone is 38. The highest BCUT2D eigenvalue weighted by molar-refractivity contribution is 7.47. The van der Waals surface area contributed by atoms with Crippen LogP contribution in [0, 0.1) is 5.92 Å². The summed E-state index contributed by atoms with van der Waals surface area (Å²) in [5, 5.41) is 39.3. The van der Waals surface area contributed by atoms with Gasteiger partial charge in [-0.15, -0.1) is 0 Å². The van der Waals surface area contributed by atoms with E-state index in [1.54, 1.807) is 0 Å². The Morgan fingerprint density at radius 3 is 0.647 bits per heavy atom. The predicted octanol–water partition coefficient (Wildman–Crippen LogP) is 31.8. The normalized spacial score (nSPS) is 19.6. The van der Waals surface area contributed by atoms with Crippen molar-refractivity contribution in [3.05, 3.63) is 221 Å². The number of aliphatic hydroxyl groups excluding tert-OH is 4. The van der Waals surface area contributed by atoms with Gasteiger partial charge in [0.05, 0.1) is 13.2 Å². The van der Waals surface area contributed by atoms with Crippen LogP contribution >= 0.6 is 7.82 Å². The summed E-state index contributed by atoms with van der Waals surface area (Å²) in [4.78, 5) is 10.2. The van der Waals surface area contributed by atoms with Crippen LogP contribution in [0.15, 0.2) is 221 Å². The molecule has 1 saturated heterocycles. The van der Waals surface area contributed by atoms with Gasteiger partial charge in [-0.2, -0.15) is 0 Å². The van der Waals surface area contributed by atoms with Crippen molar-refractivity contribution in [1.29, 1.82) is 0 Å². The van der Waals surface area contributed by atoms with Gasteiger partial charge in [-0.25, -0.2) is 4.57 Å². The molecule has 658 valence electrons. The predicted molar refractivity (Wildman–Crippen MR) is 507 cm³/mol. The molecule has 1 fully saturated rings. The van der Waals surface area contributed by atoms with Crippen LogP contribution in [0.5, 0.6) is 0 Å². The fourth-order valence-corrected chi connectivity index (χ4v) is 15.0. The number of rotatable bonds is 64. The molecule has 0 saturated carbocycles. The average molecular weight is 1620 g/mol. The molecule has 1 rings (SSSR count). The lowest BCUT2D eigenvalue weighted by atomic mass is 10.00. The number of hydrogen-bond acceptors (Lipinski definition) is 8. The molecule has 1 aliphatic heterocycles. The summed E-state index contributed by atoms with van der Waals surface area (Å²) >= 11 is 0. The molecule has 116 heavy (non-hydrogen) atoms. The van der Waals surface area contributed by atoms with Crippen LogP contribution in [0.2, 0.25) is 0 Å². The Morgan fingerprint density at radius 2 is 0.466 bits per heavy atom. The van der Waals surface area contributed by atoms with Gasteiger partial charge in [-0.05, 0) is 395 Å². The molecule has 0 bridgehead atoms. The van der Waals surface area contributed by atoms with Crippen LogP contribution in [0.4, 0.5) is 0 Å². The molecule has 0 spiro atoms. The molecule has 7 unspecified atom stereocenters. The Kier molecular flexibility index (Phi) is 63.5. The lowest BCUT2D eigenvalue weighted by Crippen LogP contribution is -2.58. The second kappa shape index (κ2) is 67.6. The number of hydrogen-bond donors (Lipinski definition) is 5. The third-order valence-corrected chi connectivity index (χ3v) is 23.7. The summed E-state index contributed by atoms with van der Waals surface area (Å²) < 4.78 is 27.7. The average Bonchev–Trinajstić information content (AvgIpc) is 0.808. The van der Waals surface area contributed by atoms with Crippen molar-refractivity contribution < 1.29 is 43.7 Å². The fourth-order valence-electron chi connectivity index (χ4n) is 14.2. The maximum atomic E-state index is 12.5. The van der Waals surface area contributed by atoms with Gasteiger partial charge in [0, 0.05) is 0 Å². The molecular formula is C106H175O9P. The maximum absolute atomic E-state index is 12.5. The molecule has 0 amide bonds. The quantitative estimate of drug-likeness (QED) is 0.0297. The van der Waals surface area contributed by atoms with E-state index in [0.29, 0.717) is 6.42 Å². The summed E-state index contributed by atoms with van der Waals surface area (Å²) in [7, 11) is -4.64. The molecule has 0 aromatic rings. The summed E-state index contributed by atoms with van der Waals surface area (Å²) in [6.07, 6.45) is 81.4. The summed E-state index contributed by atoms with van der Waals surface area (Å²) in [5.41, 5.74) is 28.4. The molecule has 10 heteroatoms. The zero-order valence-electron chi connectivity index (χ0n) is 78.2. The zero-order valence-corrected chi connectivity index (χ0v) is 79.1. The summed E-state index contributed by atoms with van der Waals surface area (Å²) in [6, 6.07) is 0. The van der Waals surface area contributed by atoms with Gasteiger partial charge in [-0.1, -0.05) is 228 Å². The highest BCUT2D eigenvalue weighted by Crippen LogP contribution is 2.47. The van der Waals surface area contributed by atoms with E-state index in [9.17, 15) is 29.9 Å². The molecule has 9 nitrogen and oxygen atoms in total. The molecule has 0 aromatic carbocycles. The Balaban J connectivity index is 2.23. The van der Waals surface area contributed by atoms with Crippen LogP contribution < -0.4 is 0 Å². The first-order valence-corrected chi connectivity index (χ1v) is 47.1. The van der Waals surface area contributed by atoms with Crippen molar-refractivity contribution in [3.8, 4) is 0 Å². The fraction of sp³-hybridized carbons (Fsp3) is 0.642. The van der Waals surface area contributed by atoms with E-state index in [4.69, 9.17) is 13.8 Å². The van der Waals surface area contributed by atoms with Crippen molar-refractivity contribution in [2.45, 2.75) is 427 Å². The zero-order chi connectivity index (χ0) is 86.5. The highest BCUT2D eigenvalue weighted by atomic mass is 31.2. The van der Waals surface area contributed by atoms with E-state index in [2.05, 4.69) is 261 Å². The van der Waals surface area contributed by atoms with E-state index in [-0.39, 0.29) is 12.5 Å². The van der Waals surface area contributed by atoms with Crippen molar-refractivity contribution >= 4 is 7.82 Å². The number of aliphatic hydroxyl groups is 4. The van der Waals surface area contributed by atoms with Gasteiger partial charge in [0.2, 0.25) is 0 Å². The number of phosphoric ester groups is 1. The van der Waals surface area contributed by atoms with E-state index >= 15 is 0 Å². The van der Waals surface area contributed by atoms with Crippen molar-refractivity contribution in [1.82, 2.24) is 0 Å². The molecule has 0 radical (unpaired) electrons. The standard InChI is InChI=1S/C106H175O9P/c1-82(2)41-22-42-83(3)43-23-44-84(4)45-24-46-85(5)47-25-48-86(6)49-26-50-87(7)51-27-52-88(8)53-28-54-89(9)55-29-56-90(10)57-30-58-91(11)59-31-60-92(12)61-32-62-93(13)63-33-64-94(14)65-34-66-95(15)67-35-68-96(16)69-36-70-97(17)71-37-72-98(18)73-38-74-99(19)75-39-76-100(20)77-40-78-101(21)79-80-113-116(111,112)115-106-105(110)104(109)103(108)102(81-107)114-106/h41,43,45,47,49,51,53,55,57,59,61,63,65,67,69,71,73,75,77,101-110H,22-40,42,44,46,48,50,52,54,56,58,60,62,64,66,68,70,72,74,76,78-81H2,1-21H3,(H,111,112)/b83-43+,84-45+,85-47+,86-49+,87-51+,88-53+,89-55+,90-57+,91-59+,92-61+,93-63+,94-65+,95-67+,96-69+,97-71+,98-73+,99-75+,100-77+. The van der Waals surface area contributed by atoms with Crippen LogP contribution in [0.3, 0.4) is 0 Å². The van der Waals surface area contributed by atoms with E-state index < -0.39 is 45.1 Å². The van der Waals surface area contributed by atoms with E-state index in [1.165, 1.54) is 138 Å². The first-order chi connectivity index (χ1) is 55.2. The van der Waals surface area contributed by atoms with Gasteiger partial charge in [0.1, 0.15) is 24.4 Å².